The zero-order valence-electron chi connectivity index (χ0n) is 18.2. The van der Waals surface area contributed by atoms with Crippen LogP contribution in [-0.4, -0.2) is 34.9 Å². The van der Waals surface area contributed by atoms with E-state index in [0.29, 0.717) is 5.92 Å². The van der Waals surface area contributed by atoms with Gasteiger partial charge in [0.15, 0.2) is 0 Å². The van der Waals surface area contributed by atoms with E-state index in [1.807, 2.05) is 19.3 Å². The van der Waals surface area contributed by atoms with E-state index >= 15 is 0 Å². The van der Waals surface area contributed by atoms with E-state index in [-0.39, 0.29) is 6.10 Å². The maximum absolute atomic E-state index is 5.94. The fourth-order valence-corrected chi connectivity index (χ4v) is 4.70. The standard InChI is InChI=1S/C26H30N4O/c1-19-17-27-26(28-18-19)30-14-12-25(13-15-30)31-29-24-10-8-21(9-11-24)23-7-6-20-4-2-3-5-22(20)16-23/h2-7,16-18,21,25H,8-15H2,1H3. The van der Waals surface area contributed by atoms with Crippen LogP contribution in [0.15, 0.2) is 60.0 Å². The number of nitrogens with zero attached hydrogens (tertiary/aromatic N) is 4. The van der Waals surface area contributed by atoms with Crippen molar-refractivity contribution in [2.75, 3.05) is 18.0 Å². The molecule has 2 aliphatic rings. The molecule has 3 aromatic rings. The van der Waals surface area contributed by atoms with Crippen LogP contribution in [0.3, 0.4) is 0 Å². The predicted octanol–water partition coefficient (Wildman–Crippen LogP) is 5.64. The number of hydrogen-bond acceptors (Lipinski definition) is 5. The van der Waals surface area contributed by atoms with Crippen molar-refractivity contribution in [1.29, 1.82) is 0 Å². The Morgan fingerprint density at radius 2 is 1.61 bits per heavy atom. The second kappa shape index (κ2) is 9.04. The fourth-order valence-electron chi connectivity index (χ4n) is 4.70. The maximum Gasteiger partial charge on any atom is 0.225 e. The van der Waals surface area contributed by atoms with Gasteiger partial charge in [-0.15, -0.1) is 0 Å². The number of anilines is 1. The fraction of sp³-hybridized carbons (Fsp3) is 0.423. The molecule has 2 fully saturated rings. The molecule has 1 aliphatic heterocycles. The molecule has 5 heteroatoms. The van der Waals surface area contributed by atoms with Gasteiger partial charge < -0.3 is 9.74 Å². The van der Waals surface area contributed by atoms with Gasteiger partial charge in [0, 0.05) is 38.3 Å². The summed E-state index contributed by atoms with van der Waals surface area (Å²) in [6.07, 6.45) is 10.3. The van der Waals surface area contributed by atoms with Crippen LogP contribution in [0.5, 0.6) is 0 Å². The highest BCUT2D eigenvalue weighted by Crippen LogP contribution is 2.33. The number of piperidine rings is 1. The molecule has 5 rings (SSSR count). The molecule has 160 valence electrons. The minimum atomic E-state index is 0.201. The van der Waals surface area contributed by atoms with Crippen LogP contribution < -0.4 is 4.90 Å². The molecule has 2 aromatic carbocycles. The van der Waals surface area contributed by atoms with Crippen molar-refractivity contribution in [2.24, 2.45) is 5.16 Å². The minimum absolute atomic E-state index is 0.201. The van der Waals surface area contributed by atoms with Crippen LogP contribution in [0.25, 0.3) is 10.8 Å². The van der Waals surface area contributed by atoms with E-state index in [0.717, 1.165) is 63.1 Å². The summed E-state index contributed by atoms with van der Waals surface area (Å²) in [6, 6.07) is 15.5. The molecule has 0 N–H and O–H groups in total. The van der Waals surface area contributed by atoms with E-state index in [4.69, 9.17) is 4.84 Å². The topological polar surface area (TPSA) is 50.6 Å². The first-order chi connectivity index (χ1) is 15.2. The molecular weight excluding hydrogens is 384 g/mol. The normalized spacial score (nSPS) is 20.1. The van der Waals surface area contributed by atoms with Gasteiger partial charge in [-0.25, -0.2) is 9.97 Å². The van der Waals surface area contributed by atoms with Crippen molar-refractivity contribution in [1.82, 2.24) is 9.97 Å². The van der Waals surface area contributed by atoms with Crippen molar-refractivity contribution in [3.63, 3.8) is 0 Å². The van der Waals surface area contributed by atoms with Gasteiger partial charge in [0.25, 0.3) is 0 Å². The summed E-state index contributed by atoms with van der Waals surface area (Å²) in [5, 5.41) is 7.22. The van der Waals surface area contributed by atoms with Crippen molar-refractivity contribution in [3.8, 4) is 0 Å². The molecule has 1 saturated heterocycles. The molecule has 1 saturated carbocycles. The lowest BCUT2D eigenvalue weighted by molar-refractivity contribution is 0.0406. The average Bonchev–Trinajstić information content (AvgIpc) is 2.84. The first-order valence-corrected chi connectivity index (χ1v) is 11.5. The van der Waals surface area contributed by atoms with Crippen LogP contribution in [0.2, 0.25) is 0 Å². The Morgan fingerprint density at radius 3 is 2.35 bits per heavy atom. The van der Waals surface area contributed by atoms with Crippen LogP contribution in [0.1, 0.15) is 55.6 Å². The van der Waals surface area contributed by atoms with Crippen LogP contribution in [0.4, 0.5) is 5.95 Å². The lowest BCUT2D eigenvalue weighted by Gasteiger charge is -2.31. The molecule has 2 heterocycles. The molecule has 1 aliphatic carbocycles. The molecule has 0 unspecified atom stereocenters. The van der Waals surface area contributed by atoms with Crippen molar-refractivity contribution >= 4 is 22.4 Å². The van der Waals surface area contributed by atoms with E-state index in [1.54, 1.807) is 0 Å². The third-order valence-corrected chi connectivity index (χ3v) is 6.63. The van der Waals surface area contributed by atoms with Crippen molar-refractivity contribution in [3.05, 3.63) is 66.0 Å². The molecule has 0 bridgehead atoms. The largest absolute Gasteiger partial charge is 0.392 e. The van der Waals surface area contributed by atoms with Gasteiger partial charge in [0.1, 0.15) is 6.10 Å². The Hall–Kier alpha value is -2.95. The molecule has 0 amide bonds. The summed E-state index contributed by atoms with van der Waals surface area (Å²) < 4.78 is 0. The summed E-state index contributed by atoms with van der Waals surface area (Å²) in [5.41, 5.74) is 3.78. The first-order valence-electron chi connectivity index (χ1n) is 11.5. The van der Waals surface area contributed by atoms with Crippen LogP contribution in [0, 0.1) is 6.92 Å². The number of benzene rings is 2. The molecule has 31 heavy (non-hydrogen) atoms. The Kier molecular flexibility index (Phi) is 5.83. The Bertz CT molecular complexity index is 1040. The summed E-state index contributed by atoms with van der Waals surface area (Å²) in [7, 11) is 0. The van der Waals surface area contributed by atoms with Crippen molar-refractivity contribution in [2.45, 2.75) is 57.5 Å². The monoisotopic (exact) mass is 414 g/mol. The second-order valence-corrected chi connectivity index (χ2v) is 8.89. The lowest BCUT2D eigenvalue weighted by atomic mass is 9.82. The Labute approximate surface area is 184 Å². The summed E-state index contributed by atoms with van der Waals surface area (Å²) >= 11 is 0. The average molecular weight is 415 g/mol. The molecule has 1 aromatic heterocycles. The molecule has 0 spiro atoms. The summed E-state index contributed by atoms with van der Waals surface area (Å²) in [5.74, 6) is 1.45. The second-order valence-electron chi connectivity index (χ2n) is 8.89. The van der Waals surface area contributed by atoms with E-state index in [9.17, 15) is 0 Å². The van der Waals surface area contributed by atoms with Crippen molar-refractivity contribution < 1.29 is 4.84 Å². The summed E-state index contributed by atoms with van der Waals surface area (Å²) in [4.78, 5) is 17.1. The van der Waals surface area contributed by atoms with E-state index in [2.05, 4.69) is 62.5 Å². The minimum Gasteiger partial charge on any atom is -0.392 e. The van der Waals surface area contributed by atoms with E-state index < -0.39 is 0 Å². The quantitative estimate of drug-likeness (QED) is 0.519. The molecule has 5 nitrogen and oxygen atoms in total. The molecule has 0 atom stereocenters. The zero-order chi connectivity index (χ0) is 21.0. The van der Waals surface area contributed by atoms with Gasteiger partial charge in [-0.3, -0.25) is 0 Å². The van der Waals surface area contributed by atoms with Gasteiger partial charge in [-0.05, 0) is 60.4 Å². The number of hydrogen-bond donors (Lipinski definition) is 0. The van der Waals surface area contributed by atoms with Gasteiger partial charge in [-0.2, -0.15) is 0 Å². The van der Waals surface area contributed by atoms with Gasteiger partial charge in [0.2, 0.25) is 5.95 Å². The highest BCUT2D eigenvalue weighted by atomic mass is 16.6. The number of aryl methyl sites for hydroxylation is 1. The predicted molar refractivity (Wildman–Crippen MR) is 126 cm³/mol. The highest BCUT2D eigenvalue weighted by Gasteiger charge is 2.24. The molecule has 0 radical (unpaired) electrons. The zero-order valence-corrected chi connectivity index (χ0v) is 18.2. The first kappa shape index (κ1) is 20.0. The Balaban J connectivity index is 1.11. The number of aromatic nitrogens is 2. The third-order valence-electron chi connectivity index (χ3n) is 6.63. The van der Waals surface area contributed by atoms with Gasteiger partial charge in [-0.1, -0.05) is 47.6 Å². The van der Waals surface area contributed by atoms with Gasteiger partial charge >= 0.3 is 0 Å². The van der Waals surface area contributed by atoms with E-state index in [1.165, 1.54) is 22.0 Å². The Morgan fingerprint density at radius 1 is 0.903 bits per heavy atom. The third kappa shape index (κ3) is 4.71. The lowest BCUT2D eigenvalue weighted by Crippen LogP contribution is -2.37. The van der Waals surface area contributed by atoms with Crippen LogP contribution >= 0.6 is 0 Å². The van der Waals surface area contributed by atoms with Crippen LogP contribution in [-0.2, 0) is 4.84 Å². The number of rotatable bonds is 4. The van der Waals surface area contributed by atoms with Gasteiger partial charge in [0.05, 0.1) is 5.71 Å². The summed E-state index contributed by atoms with van der Waals surface area (Å²) in [6.45, 7) is 3.85. The highest BCUT2D eigenvalue weighted by molar-refractivity contribution is 5.85. The SMILES string of the molecule is Cc1cnc(N2CCC(ON=C3CCC(c4ccc5ccccc5c4)CC3)CC2)nc1. The molecular formula is C26H30N4O. The smallest absolute Gasteiger partial charge is 0.225 e. The maximum atomic E-state index is 5.94. The number of oxime groups is 1. The number of fused-ring (bicyclic) bond motifs is 1.